The van der Waals surface area contributed by atoms with Crippen LogP contribution in [0.2, 0.25) is 0 Å². The number of pyridine rings is 2. The molecule has 656 valence electrons. The van der Waals surface area contributed by atoms with Crippen molar-refractivity contribution >= 4 is 81.6 Å². The molecule has 2 aromatic heterocycles. The van der Waals surface area contributed by atoms with Crippen LogP contribution < -0.4 is 65.0 Å². The lowest BCUT2D eigenvalue weighted by Gasteiger charge is -2.31. The number of nitrogens with one attached hydrogen (secondary N) is 9. The highest BCUT2D eigenvalue weighted by Crippen LogP contribution is 2.46. The first-order chi connectivity index (χ1) is 57.4. The van der Waals surface area contributed by atoms with E-state index in [4.69, 9.17) is 73.7 Å². The Morgan fingerprint density at radius 2 is 1.40 bits per heavy atom. The van der Waals surface area contributed by atoms with Crippen molar-refractivity contribution in [3.63, 3.8) is 0 Å². The number of ether oxygens (including phenoxy) is 11. The summed E-state index contributed by atoms with van der Waals surface area (Å²) in [5.74, 6) is 0.883. The number of nitrogens with two attached hydrogens (primary N) is 2. The number of benzene rings is 2. The van der Waals surface area contributed by atoms with Gasteiger partial charge in [0.1, 0.15) is 69.4 Å². The number of urea groups is 1. The van der Waals surface area contributed by atoms with Gasteiger partial charge in [0.2, 0.25) is 35.4 Å². The Morgan fingerprint density at radius 3 is 2.08 bits per heavy atom. The zero-order valence-corrected chi connectivity index (χ0v) is 68.9. The molecule has 4 heterocycles. The molecule has 8 rings (SSSR count). The van der Waals surface area contributed by atoms with Crippen molar-refractivity contribution in [2.75, 3.05) is 150 Å². The fourth-order valence-electron chi connectivity index (χ4n) is 13.8. The minimum atomic E-state index is -2.06. The number of nitrogens with zero attached hydrogens (tertiary/aromatic N) is 4. The zero-order chi connectivity index (χ0) is 85.6. The van der Waals surface area contributed by atoms with E-state index in [9.17, 15) is 53.1 Å². The number of amides is 9. The van der Waals surface area contributed by atoms with Gasteiger partial charge in [-0.05, 0) is 118 Å². The highest BCUT2D eigenvalue weighted by molar-refractivity contribution is 6.44. The number of carbonyl (C=O) groups is 9. The molecule has 37 nitrogen and oxygen atoms in total. The van der Waals surface area contributed by atoms with Gasteiger partial charge in [-0.1, -0.05) is 52.7 Å². The highest BCUT2D eigenvalue weighted by Gasteiger charge is 2.46. The molecule has 1 fully saturated rings. The van der Waals surface area contributed by atoms with E-state index in [2.05, 4.69) is 66.8 Å². The average molecular weight is 1670 g/mol. The number of carbonyl (C=O) groups excluding carboxylic acids is 9. The van der Waals surface area contributed by atoms with Crippen molar-refractivity contribution in [1.29, 1.82) is 0 Å². The first-order valence-corrected chi connectivity index (χ1v) is 40.8. The summed E-state index contributed by atoms with van der Waals surface area (Å²) in [6.45, 7) is 15.4. The molecule has 9 amide bonds. The number of primary amides is 1. The van der Waals surface area contributed by atoms with E-state index in [0.717, 1.165) is 43.5 Å². The van der Waals surface area contributed by atoms with E-state index >= 15 is 4.39 Å². The Balaban J connectivity index is 0.651. The van der Waals surface area contributed by atoms with Crippen LogP contribution in [-0.2, 0) is 117 Å². The van der Waals surface area contributed by atoms with Crippen LogP contribution in [-0.4, -0.2) is 249 Å². The standard InChI is InChI=1S/C81H118FN15O22/c1-7-51(5)85-24-28-110-32-36-114-37-33-111-29-25-86-61-13-10-9-11-15-65(74(61)96-84)117-48-68(100)87-26-30-112-34-38-115-40-39-113-35-31-109-27-22-66(98)95-72(50(3)4)76(103)94-62(14-12-23-88-79(83)106)75(102)91-54-18-16-53(17-19-54)45-119-80(107)89-43-67(99)90-49-116-47-69(101)92-60-21-20-55-52(6)59(82)42-63-70(55)71(60)56-44-97-64(73(56)93-63)41-58-57(77(97)104)46-118-78(105)81(58,108)8-2/h16-19,41-42,50-51,60,62,65,72,85,108H,7-15,20-40,43-49,84H2,1-6H3,(H,87,100)(H,89,107)(H,90,99)(H,91,102)(H,92,101)(H,94,103)(H,95,98)(H3,83,88,106)/t51?,60?,62-,65?,72-,81-/m0/s1. The van der Waals surface area contributed by atoms with Crippen LogP contribution in [0.1, 0.15) is 150 Å². The van der Waals surface area contributed by atoms with Gasteiger partial charge >= 0.3 is 18.1 Å². The summed E-state index contributed by atoms with van der Waals surface area (Å²) in [5, 5.41) is 40.7. The summed E-state index contributed by atoms with van der Waals surface area (Å²) < 4.78 is 78.2. The van der Waals surface area contributed by atoms with Crippen LogP contribution in [0.15, 0.2) is 51.3 Å². The highest BCUT2D eigenvalue weighted by atomic mass is 19.1. The number of cyclic esters (lactones) is 1. The van der Waals surface area contributed by atoms with Gasteiger partial charge in [-0.2, -0.15) is 5.10 Å². The number of anilines is 1. The maximum absolute atomic E-state index is 15.4. The third-order valence-electron chi connectivity index (χ3n) is 20.5. The van der Waals surface area contributed by atoms with E-state index in [1.165, 1.54) is 10.6 Å². The summed E-state index contributed by atoms with van der Waals surface area (Å²) in [5.41, 5.74) is 8.49. The van der Waals surface area contributed by atoms with Gasteiger partial charge < -0.3 is 121 Å². The van der Waals surface area contributed by atoms with Crippen LogP contribution in [0.5, 0.6) is 0 Å². The molecule has 14 N–H and O–H groups in total. The Bertz CT molecular complexity index is 4190. The number of hydrogen-bond donors (Lipinski definition) is 12. The summed E-state index contributed by atoms with van der Waals surface area (Å²) in [7, 11) is 0. The van der Waals surface area contributed by atoms with Gasteiger partial charge in [-0.25, -0.2) is 23.8 Å². The summed E-state index contributed by atoms with van der Waals surface area (Å²) >= 11 is 0. The first-order valence-electron chi connectivity index (χ1n) is 40.8. The fourth-order valence-corrected chi connectivity index (χ4v) is 13.8. The summed E-state index contributed by atoms with van der Waals surface area (Å²) in [6, 6.07) is 6.00. The quantitative estimate of drug-likeness (QED) is 0.00875. The van der Waals surface area contributed by atoms with Crippen molar-refractivity contribution < 1.29 is 105 Å². The number of aromatic nitrogens is 2. The molecule has 38 heteroatoms. The molecular weight excluding hydrogens is 1550 g/mol. The van der Waals surface area contributed by atoms with E-state index in [1.807, 2.05) is 0 Å². The second-order valence-corrected chi connectivity index (χ2v) is 29.4. The average Bonchev–Trinajstić information content (AvgIpc) is 1.60. The Morgan fingerprint density at radius 1 is 0.723 bits per heavy atom. The molecule has 119 heavy (non-hydrogen) atoms. The molecule has 2 aliphatic carbocycles. The van der Waals surface area contributed by atoms with E-state index in [0.29, 0.717) is 154 Å². The number of aliphatic hydroxyl groups is 1. The lowest BCUT2D eigenvalue weighted by atomic mass is 9.81. The van der Waals surface area contributed by atoms with Gasteiger partial charge in [0.15, 0.2) is 5.60 Å². The normalized spacial score (nSPS) is 17.5. The maximum Gasteiger partial charge on any atom is 0.407 e. The van der Waals surface area contributed by atoms with Crippen molar-refractivity contribution in [3.8, 4) is 11.4 Å². The number of aliphatic imine (C=N–C) groups is 1. The third-order valence-corrected chi connectivity index (χ3v) is 20.5. The predicted octanol–water partition coefficient (Wildman–Crippen LogP) is 2.78. The van der Waals surface area contributed by atoms with Crippen LogP contribution in [0.3, 0.4) is 0 Å². The first kappa shape index (κ1) is 94.7. The van der Waals surface area contributed by atoms with Crippen LogP contribution in [0.4, 0.5) is 19.7 Å². The summed E-state index contributed by atoms with van der Waals surface area (Å²) in [4.78, 5) is 140. The van der Waals surface area contributed by atoms with E-state index in [-0.39, 0.29) is 115 Å². The molecule has 2 aromatic carbocycles. The number of esters is 1. The van der Waals surface area contributed by atoms with Gasteiger partial charge in [0.25, 0.3) is 5.56 Å². The Hall–Kier alpha value is -9.74. The topological polar surface area (TPSA) is 495 Å². The molecule has 1 saturated carbocycles. The number of hydrazone groups is 1. The Labute approximate surface area is 690 Å². The lowest BCUT2D eigenvalue weighted by molar-refractivity contribution is -0.172. The maximum atomic E-state index is 15.4. The Kier molecular flexibility index (Phi) is 39.6. The van der Waals surface area contributed by atoms with E-state index < -0.39 is 115 Å². The number of aryl methyl sites for hydroxylation is 1. The molecule has 0 saturated heterocycles. The predicted molar refractivity (Wildman–Crippen MR) is 434 cm³/mol. The molecule has 6 atom stereocenters. The van der Waals surface area contributed by atoms with Gasteiger partial charge in [-0.3, -0.25) is 38.6 Å². The van der Waals surface area contributed by atoms with Gasteiger partial charge in [0, 0.05) is 60.4 Å². The number of alkyl carbamates (subject to hydrolysis) is 1. The third kappa shape index (κ3) is 29.3. The SMILES string of the molecule is CCC(C)NCCOCCOCCOCCN=C1CCCCCC(OCC(=O)NCCOCCOCCOCCOCCC(=O)N[C@H](C(=O)N[C@@H](CCCNC(N)=O)C(=O)Nc2ccc(COC(=O)NCC(=O)NCOCC(=O)NC3CCc4c(C)c(F)cc5nc6c(c3c45)Cn3c-6cc4c(c3=O)COC(=O)[C@]4(O)CC)cc2)C(C)C)C1=NN. The lowest BCUT2D eigenvalue weighted by Crippen LogP contribution is -2.54. The number of fused-ring (bicyclic) bond motifs is 5. The van der Waals surface area contributed by atoms with Crippen molar-refractivity contribution in [3.05, 3.63) is 91.5 Å². The largest absolute Gasteiger partial charge is 0.458 e. The van der Waals surface area contributed by atoms with Gasteiger partial charge in [0.05, 0.1) is 140 Å². The van der Waals surface area contributed by atoms with Crippen LogP contribution in [0.25, 0.3) is 22.3 Å². The second kappa shape index (κ2) is 49.7. The fraction of sp³-hybridized carbons (Fsp3) is 0.617. The van der Waals surface area contributed by atoms with Crippen molar-refractivity contribution in [1.82, 2.24) is 52.1 Å². The number of hydrogen-bond acceptors (Lipinski definition) is 27. The zero-order valence-electron chi connectivity index (χ0n) is 68.9. The number of halogens is 1. The van der Waals surface area contributed by atoms with Crippen LogP contribution >= 0.6 is 0 Å². The summed E-state index contributed by atoms with van der Waals surface area (Å²) in [6.07, 6.45) is 4.80. The monoisotopic (exact) mass is 1670 g/mol. The molecule has 0 bridgehead atoms. The van der Waals surface area contributed by atoms with E-state index in [1.54, 1.807) is 58.0 Å². The van der Waals surface area contributed by atoms with Crippen molar-refractivity contribution in [2.24, 2.45) is 27.6 Å². The molecule has 0 radical (unpaired) electrons. The molecule has 0 spiro atoms. The minimum Gasteiger partial charge on any atom is -0.458 e. The van der Waals surface area contributed by atoms with Crippen molar-refractivity contribution in [2.45, 2.75) is 174 Å². The second-order valence-electron chi connectivity index (χ2n) is 29.4. The molecule has 4 aliphatic rings. The van der Waals surface area contributed by atoms with Crippen LogP contribution in [0, 0.1) is 18.7 Å². The number of rotatable bonds is 52. The molecule has 2 aliphatic heterocycles. The molecule has 4 aromatic rings. The smallest absolute Gasteiger partial charge is 0.407 e. The molecule has 3 unspecified atom stereocenters. The van der Waals surface area contributed by atoms with Gasteiger partial charge in [-0.15, -0.1) is 0 Å². The molecular formula is C81H118FN15O22. The minimum absolute atomic E-state index is 0.0317.